The van der Waals surface area contributed by atoms with Crippen LogP contribution in [-0.2, 0) is 9.59 Å². The van der Waals surface area contributed by atoms with Crippen molar-refractivity contribution in [2.75, 3.05) is 0 Å². The second kappa shape index (κ2) is 2.23. The molecular formula is C5H5NO2S. The zero-order chi connectivity index (χ0) is 6.85. The molecule has 1 heterocycles. The van der Waals surface area contributed by atoms with E-state index in [1.54, 1.807) is 0 Å². The summed E-state index contributed by atoms with van der Waals surface area (Å²) in [6, 6.07) is 0. The van der Waals surface area contributed by atoms with E-state index in [-0.39, 0.29) is 24.7 Å². The van der Waals surface area contributed by atoms with Gasteiger partial charge in [0.05, 0.1) is 12.8 Å². The van der Waals surface area contributed by atoms with Gasteiger partial charge in [0.2, 0.25) is 11.8 Å². The molecule has 1 N–H and O–H groups in total. The van der Waals surface area contributed by atoms with Crippen molar-refractivity contribution in [3.63, 3.8) is 0 Å². The third-order valence-corrected chi connectivity index (χ3v) is 1.28. The van der Waals surface area contributed by atoms with E-state index < -0.39 is 0 Å². The van der Waals surface area contributed by atoms with Gasteiger partial charge in [0.15, 0.2) is 0 Å². The molecule has 1 saturated heterocycles. The number of amides is 2. The molecule has 0 aromatic heterocycles. The summed E-state index contributed by atoms with van der Waals surface area (Å²) in [7, 11) is 0. The predicted molar refractivity (Wildman–Crippen MR) is 35.0 cm³/mol. The lowest BCUT2D eigenvalue weighted by Gasteiger charge is -2.09. The molecule has 0 unspecified atom stereocenters. The second-order valence-electron chi connectivity index (χ2n) is 1.86. The SMILES string of the molecule is O=C1CC(=S)CC(=O)N1. The van der Waals surface area contributed by atoms with E-state index >= 15 is 0 Å². The van der Waals surface area contributed by atoms with Crippen LogP contribution in [0.15, 0.2) is 0 Å². The van der Waals surface area contributed by atoms with Crippen molar-refractivity contribution in [1.29, 1.82) is 0 Å². The highest BCUT2D eigenvalue weighted by Gasteiger charge is 2.18. The topological polar surface area (TPSA) is 46.2 Å². The first-order valence-electron chi connectivity index (χ1n) is 2.53. The molecule has 0 spiro atoms. The summed E-state index contributed by atoms with van der Waals surface area (Å²) < 4.78 is 0. The first kappa shape index (κ1) is 6.35. The van der Waals surface area contributed by atoms with Gasteiger partial charge < -0.3 is 0 Å². The van der Waals surface area contributed by atoms with Crippen LogP contribution < -0.4 is 5.32 Å². The van der Waals surface area contributed by atoms with Crippen LogP contribution in [0.2, 0.25) is 0 Å². The van der Waals surface area contributed by atoms with Crippen LogP contribution in [0.3, 0.4) is 0 Å². The third kappa shape index (κ3) is 1.57. The van der Waals surface area contributed by atoms with Crippen LogP contribution in [0.5, 0.6) is 0 Å². The Morgan fingerprint density at radius 3 is 2.00 bits per heavy atom. The minimum absolute atomic E-state index is 0.223. The summed E-state index contributed by atoms with van der Waals surface area (Å²) in [5.41, 5.74) is 0. The molecule has 3 nitrogen and oxygen atoms in total. The van der Waals surface area contributed by atoms with Crippen molar-refractivity contribution in [1.82, 2.24) is 5.32 Å². The van der Waals surface area contributed by atoms with E-state index in [1.807, 2.05) is 0 Å². The number of thiocarbonyl (C=S) groups is 1. The summed E-state index contributed by atoms with van der Waals surface area (Å²) in [5.74, 6) is -0.562. The third-order valence-electron chi connectivity index (χ3n) is 0.994. The first-order valence-corrected chi connectivity index (χ1v) is 2.93. The molecular weight excluding hydrogens is 138 g/mol. The van der Waals surface area contributed by atoms with Crippen molar-refractivity contribution < 1.29 is 9.59 Å². The summed E-state index contributed by atoms with van der Waals surface area (Å²) in [5, 5.41) is 2.14. The standard InChI is InChI=1S/C5H5NO2S/c7-4-1-3(9)2-5(8)6-4/h1-2H2,(H,6,7,8). The van der Waals surface area contributed by atoms with Crippen LogP contribution in [0.25, 0.3) is 0 Å². The predicted octanol–water partition coefficient (Wildman–Crippen LogP) is -0.207. The first-order chi connectivity index (χ1) is 4.18. The van der Waals surface area contributed by atoms with Gasteiger partial charge in [-0.25, -0.2) is 0 Å². The maximum Gasteiger partial charge on any atom is 0.231 e. The van der Waals surface area contributed by atoms with Crippen LogP contribution in [0.1, 0.15) is 12.8 Å². The lowest BCUT2D eigenvalue weighted by molar-refractivity contribution is -0.130. The Hall–Kier alpha value is -0.770. The molecule has 2 amide bonds. The molecule has 1 aliphatic rings. The lowest BCUT2D eigenvalue weighted by Crippen LogP contribution is -2.38. The molecule has 1 aliphatic heterocycles. The summed E-state index contributed by atoms with van der Waals surface area (Å²) in [6.07, 6.45) is 0.447. The molecule has 1 fully saturated rings. The van der Waals surface area contributed by atoms with E-state index in [1.165, 1.54) is 0 Å². The van der Waals surface area contributed by atoms with Crippen molar-refractivity contribution in [2.45, 2.75) is 12.8 Å². The quantitative estimate of drug-likeness (QED) is 0.377. The number of carbonyl (C=O) groups excluding carboxylic acids is 2. The molecule has 0 saturated carbocycles. The fraction of sp³-hybridized carbons (Fsp3) is 0.400. The molecule has 0 radical (unpaired) electrons. The fourth-order valence-corrected chi connectivity index (χ4v) is 0.927. The van der Waals surface area contributed by atoms with Crippen molar-refractivity contribution in [3.05, 3.63) is 0 Å². The van der Waals surface area contributed by atoms with E-state index in [9.17, 15) is 9.59 Å². The molecule has 1 rings (SSSR count). The number of hydrogen-bond acceptors (Lipinski definition) is 3. The fourth-order valence-electron chi connectivity index (χ4n) is 0.665. The Bertz CT molecular complexity index is 142. The highest BCUT2D eigenvalue weighted by Crippen LogP contribution is 1.99. The van der Waals surface area contributed by atoms with Crippen LogP contribution in [0.4, 0.5) is 0 Å². The Balaban J connectivity index is 2.64. The average molecular weight is 143 g/mol. The number of carbonyl (C=O) groups is 2. The monoisotopic (exact) mass is 143 g/mol. The maximum absolute atomic E-state index is 10.5. The highest BCUT2D eigenvalue weighted by molar-refractivity contribution is 7.80. The van der Waals surface area contributed by atoms with Gasteiger partial charge in [0, 0.05) is 4.86 Å². The highest BCUT2D eigenvalue weighted by atomic mass is 32.1. The number of imide groups is 1. The summed E-state index contributed by atoms with van der Waals surface area (Å²) in [6.45, 7) is 0. The molecule has 0 bridgehead atoms. The largest absolute Gasteiger partial charge is 0.296 e. The van der Waals surface area contributed by atoms with Crippen LogP contribution >= 0.6 is 12.2 Å². The summed E-state index contributed by atoms with van der Waals surface area (Å²) in [4.78, 5) is 21.5. The number of rotatable bonds is 0. The van der Waals surface area contributed by atoms with Gasteiger partial charge in [-0.2, -0.15) is 0 Å². The van der Waals surface area contributed by atoms with E-state index in [0.717, 1.165) is 0 Å². The number of hydrogen-bond donors (Lipinski definition) is 1. The average Bonchev–Trinajstić information content (AvgIpc) is 1.59. The zero-order valence-corrected chi connectivity index (χ0v) is 5.46. The Labute approximate surface area is 57.4 Å². The van der Waals surface area contributed by atoms with Crippen LogP contribution in [-0.4, -0.2) is 16.7 Å². The van der Waals surface area contributed by atoms with Gasteiger partial charge in [-0.15, -0.1) is 0 Å². The molecule has 0 aliphatic carbocycles. The van der Waals surface area contributed by atoms with E-state index in [2.05, 4.69) is 17.5 Å². The molecule has 4 heteroatoms. The zero-order valence-electron chi connectivity index (χ0n) is 4.64. The van der Waals surface area contributed by atoms with Gasteiger partial charge in [-0.1, -0.05) is 12.2 Å². The molecule has 0 aromatic carbocycles. The summed E-state index contributed by atoms with van der Waals surface area (Å²) >= 11 is 4.68. The molecule has 48 valence electrons. The Morgan fingerprint density at radius 2 is 1.67 bits per heavy atom. The smallest absolute Gasteiger partial charge is 0.231 e. The minimum Gasteiger partial charge on any atom is -0.296 e. The second-order valence-corrected chi connectivity index (χ2v) is 2.44. The van der Waals surface area contributed by atoms with E-state index in [4.69, 9.17) is 0 Å². The normalized spacial score (nSPS) is 19.8. The van der Waals surface area contributed by atoms with Crippen LogP contribution in [0, 0.1) is 0 Å². The van der Waals surface area contributed by atoms with E-state index in [0.29, 0.717) is 4.86 Å². The molecule has 0 atom stereocenters. The minimum atomic E-state index is -0.281. The van der Waals surface area contributed by atoms with Gasteiger partial charge >= 0.3 is 0 Å². The molecule has 9 heavy (non-hydrogen) atoms. The van der Waals surface area contributed by atoms with Gasteiger partial charge in [0.25, 0.3) is 0 Å². The van der Waals surface area contributed by atoms with Gasteiger partial charge in [0.1, 0.15) is 0 Å². The van der Waals surface area contributed by atoms with Gasteiger partial charge in [-0.05, 0) is 0 Å². The molecule has 0 aromatic rings. The van der Waals surface area contributed by atoms with Crippen molar-refractivity contribution in [2.24, 2.45) is 0 Å². The Morgan fingerprint density at radius 1 is 1.22 bits per heavy atom. The lowest BCUT2D eigenvalue weighted by atomic mass is 10.1. The number of piperidine rings is 1. The van der Waals surface area contributed by atoms with Crippen molar-refractivity contribution >= 4 is 28.9 Å². The maximum atomic E-state index is 10.5. The number of nitrogens with one attached hydrogen (secondary N) is 1. The van der Waals surface area contributed by atoms with Crippen molar-refractivity contribution in [3.8, 4) is 0 Å². The van der Waals surface area contributed by atoms with Gasteiger partial charge in [-0.3, -0.25) is 14.9 Å². The Kier molecular flexibility index (Phi) is 1.57.